The number of nitro benzene ring substituents is 1. The number of halogens is 1. The Kier molecular flexibility index (Phi) is 5.01. The van der Waals surface area contributed by atoms with Gasteiger partial charge in [0.05, 0.1) is 11.2 Å². The van der Waals surface area contributed by atoms with Crippen molar-refractivity contribution in [1.29, 1.82) is 0 Å². The minimum Gasteiger partial charge on any atom is -0.459 e. The molecule has 164 valence electrons. The van der Waals surface area contributed by atoms with E-state index in [0.717, 1.165) is 42.7 Å². The number of amides is 1. The van der Waals surface area contributed by atoms with E-state index in [4.69, 9.17) is 4.42 Å². The molecule has 0 bridgehead atoms. The second-order valence-electron chi connectivity index (χ2n) is 8.51. The molecule has 5 rings (SSSR count). The van der Waals surface area contributed by atoms with E-state index in [1.807, 2.05) is 0 Å². The van der Waals surface area contributed by atoms with Crippen molar-refractivity contribution < 1.29 is 18.5 Å². The maximum atomic E-state index is 14.2. The number of piperidine rings is 1. The molecule has 1 spiro atoms. The van der Waals surface area contributed by atoms with Crippen LogP contribution in [0.1, 0.15) is 34.5 Å². The van der Waals surface area contributed by atoms with Crippen LogP contribution in [-0.4, -0.2) is 35.4 Å². The molecule has 3 aromatic rings. The second kappa shape index (κ2) is 7.87. The van der Waals surface area contributed by atoms with Crippen LogP contribution in [0.5, 0.6) is 0 Å². The van der Waals surface area contributed by atoms with Gasteiger partial charge in [0, 0.05) is 36.3 Å². The molecule has 2 aliphatic heterocycles. The molecule has 1 aromatic heterocycles. The largest absolute Gasteiger partial charge is 0.459 e. The molecule has 7 nitrogen and oxygen atoms in total. The van der Waals surface area contributed by atoms with Gasteiger partial charge in [-0.15, -0.1) is 0 Å². The summed E-state index contributed by atoms with van der Waals surface area (Å²) in [6, 6.07) is 14.6. The lowest BCUT2D eigenvalue weighted by molar-refractivity contribution is -0.384. The SMILES string of the molecule is O=C(c1ccco1)N1CC2(CCN(Cc3ccc([N+](=O)[O-])cc3)CC2)c2cc(F)ccc21. The Morgan fingerprint density at radius 3 is 2.53 bits per heavy atom. The van der Waals surface area contributed by atoms with Gasteiger partial charge in [-0.3, -0.25) is 19.8 Å². The molecule has 1 amide bonds. The molecule has 0 N–H and O–H groups in total. The third-order valence-electron chi connectivity index (χ3n) is 6.63. The van der Waals surface area contributed by atoms with E-state index < -0.39 is 4.92 Å². The highest BCUT2D eigenvalue weighted by Crippen LogP contribution is 2.47. The number of likely N-dealkylation sites (tertiary alicyclic amines) is 1. The molecular weight excluding hydrogens is 413 g/mol. The van der Waals surface area contributed by atoms with Gasteiger partial charge in [-0.05, 0) is 67.4 Å². The monoisotopic (exact) mass is 435 g/mol. The molecule has 2 aliphatic rings. The van der Waals surface area contributed by atoms with Crippen LogP contribution in [-0.2, 0) is 12.0 Å². The van der Waals surface area contributed by atoms with Crippen molar-refractivity contribution in [1.82, 2.24) is 4.90 Å². The van der Waals surface area contributed by atoms with Gasteiger partial charge in [-0.25, -0.2) is 4.39 Å². The van der Waals surface area contributed by atoms with Crippen molar-refractivity contribution in [3.8, 4) is 0 Å². The fraction of sp³-hybridized carbons (Fsp3) is 0.292. The molecule has 1 fully saturated rings. The first-order valence-corrected chi connectivity index (χ1v) is 10.6. The fourth-order valence-corrected chi connectivity index (χ4v) is 4.90. The van der Waals surface area contributed by atoms with Crippen molar-refractivity contribution in [2.75, 3.05) is 24.5 Å². The van der Waals surface area contributed by atoms with Gasteiger partial charge in [0.15, 0.2) is 5.76 Å². The molecule has 32 heavy (non-hydrogen) atoms. The predicted molar refractivity (Wildman–Crippen MR) is 116 cm³/mol. The smallest absolute Gasteiger partial charge is 0.293 e. The lowest BCUT2D eigenvalue weighted by Gasteiger charge is -2.40. The van der Waals surface area contributed by atoms with E-state index in [0.29, 0.717) is 13.1 Å². The van der Waals surface area contributed by atoms with Crippen LogP contribution in [0.4, 0.5) is 15.8 Å². The molecule has 1 saturated heterocycles. The minimum absolute atomic E-state index is 0.0808. The lowest BCUT2D eigenvalue weighted by Crippen LogP contribution is -2.45. The van der Waals surface area contributed by atoms with Crippen LogP contribution >= 0.6 is 0 Å². The molecule has 0 saturated carbocycles. The zero-order valence-corrected chi connectivity index (χ0v) is 17.4. The minimum atomic E-state index is -0.402. The first-order chi connectivity index (χ1) is 15.4. The van der Waals surface area contributed by atoms with Crippen LogP contribution in [0.2, 0.25) is 0 Å². The maximum absolute atomic E-state index is 14.2. The normalized spacial score (nSPS) is 17.5. The first kappa shape index (κ1) is 20.4. The number of carbonyl (C=O) groups is 1. The Bertz CT molecular complexity index is 1150. The van der Waals surface area contributed by atoms with Gasteiger partial charge < -0.3 is 9.32 Å². The van der Waals surface area contributed by atoms with Crippen LogP contribution in [0.3, 0.4) is 0 Å². The summed E-state index contributed by atoms with van der Waals surface area (Å²) in [4.78, 5) is 27.5. The quantitative estimate of drug-likeness (QED) is 0.445. The van der Waals surface area contributed by atoms with Gasteiger partial charge in [-0.1, -0.05) is 12.1 Å². The molecule has 3 heterocycles. The predicted octanol–water partition coefficient (Wildman–Crippen LogP) is 4.52. The third kappa shape index (κ3) is 3.56. The average Bonchev–Trinajstić information content (AvgIpc) is 3.43. The topological polar surface area (TPSA) is 79.8 Å². The molecule has 0 radical (unpaired) electrons. The molecule has 0 aliphatic carbocycles. The zero-order chi connectivity index (χ0) is 22.3. The van der Waals surface area contributed by atoms with E-state index in [1.54, 1.807) is 41.3 Å². The van der Waals surface area contributed by atoms with Gasteiger partial charge in [-0.2, -0.15) is 0 Å². The summed E-state index contributed by atoms with van der Waals surface area (Å²) >= 11 is 0. The number of rotatable bonds is 4. The Morgan fingerprint density at radius 1 is 1.12 bits per heavy atom. The number of benzene rings is 2. The van der Waals surface area contributed by atoms with Crippen molar-refractivity contribution in [3.63, 3.8) is 0 Å². The van der Waals surface area contributed by atoms with E-state index in [2.05, 4.69) is 4.90 Å². The number of fused-ring (bicyclic) bond motifs is 2. The van der Waals surface area contributed by atoms with Crippen LogP contribution in [0, 0.1) is 15.9 Å². The van der Waals surface area contributed by atoms with Crippen LogP contribution in [0.15, 0.2) is 65.3 Å². The number of nitrogens with zero attached hydrogens (tertiary/aromatic N) is 3. The number of carbonyl (C=O) groups excluding carboxylic acids is 1. The molecule has 0 atom stereocenters. The summed E-state index contributed by atoms with van der Waals surface area (Å²) in [5, 5.41) is 10.9. The van der Waals surface area contributed by atoms with Gasteiger partial charge in [0.25, 0.3) is 11.6 Å². The lowest BCUT2D eigenvalue weighted by atomic mass is 9.74. The summed E-state index contributed by atoms with van der Waals surface area (Å²) in [7, 11) is 0. The Hall–Kier alpha value is -3.52. The van der Waals surface area contributed by atoms with E-state index in [9.17, 15) is 19.3 Å². The fourth-order valence-electron chi connectivity index (χ4n) is 4.90. The highest BCUT2D eigenvalue weighted by atomic mass is 19.1. The Labute approximate surface area is 184 Å². The van der Waals surface area contributed by atoms with Crippen molar-refractivity contribution in [2.45, 2.75) is 24.8 Å². The number of anilines is 1. The molecule has 0 unspecified atom stereocenters. The van der Waals surface area contributed by atoms with Gasteiger partial charge in [0.2, 0.25) is 0 Å². The van der Waals surface area contributed by atoms with Crippen LogP contribution < -0.4 is 4.90 Å². The van der Waals surface area contributed by atoms with E-state index in [1.165, 1.54) is 24.5 Å². The molecule has 8 heteroatoms. The third-order valence-corrected chi connectivity index (χ3v) is 6.63. The van der Waals surface area contributed by atoms with Crippen molar-refractivity contribution in [3.05, 3.63) is 93.7 Å². The van der Waals surface area contributed by atoms with Gasteiger partial charge >= 0.3 is 0 Å². The number of nitro groups is 1. The van der Waals surface area contributed by atoms with E-state index in [-0.39, 0.29) is 28.6 Å². The first-order valence-electron chi connectivity index (χ1n) is 10.6. The van der Waals surface area contributed by atoms with Gasteiger partial charge in [0.1, 0.15) is 5.82 Å². The number of non-ortho nitro benzene ring substituents is 1. The average molecular weight is 435 g/mol. The number of furan rings is 1. The highest BCUT2D eigenvalue weighted by molar-refractivity contribution is 6.06. The zero-order valence-electron chi connectivity index (χ0n) is 17.4. The summed E-state index contributed by atoms with van der Waals surface area (Å²) < 4.78 is 19.5. The van der Waals surface area contributed by atoms with E-state index >= 15 is 0 Å². The Morgan fingerprint density at radius 2 is 1.88 bits per heavy atom. The molecular formula is C24H22FN3O4. The Balaban J connectivity index is 1.34. The van der Waals surface area contributed by atoms with Crippen molar-refractivity contribution in [2.24, 2.45) is 0 Å². The maximum Gasteiger partial charge on any atom is 0.293 e. The van der Waals surface area contributed by atoms with Crippen LogP contribution in [0.25, 0.3) is 0 Å². The summed E-state index contributed by atoms with van der Waals surface area (Å²) in [5.41, 5.74) is 2.42. The summed E-state index contributed by atoms with van der Waals surface area (Å²) in [6.45, 7) is 2.77. The summed E-state index contributed by atoms with van der Waals surface area (Å²) in [6.07, 6.45) is 3.05. The summed E-state index contributed by atoms with van der Waals surface area (Å²) in [5.74, 6) is -0.246. The highest BCUT2D eigenvalue weighted by Gasteiger charge is 2.47. The number of hydrogen-bond acceptors (Lipinski definition) is 5. The molecule has 2 aromatic carbocycles. The standard InChI is InChI=1S/C24H22FN3O4/c25-18-5-8-21-20(14-18)24(16-27(21)23(29)22-2-1-13-32-22)9-11-26(12-10-24)15-17-3-6-19(7-4-17)28(30)31/h1-8,13-14H,9-12,15-16H2. The number of hydrogen-bond donors (Lipinski definition) is 0. The van der Waals surface area contributed by atoms with Crippen molar-refractivity contribution >= 4 is 17.3 Å². The second-order valence-corrected chi connectivity index (χ2v) is 8.51.